The van der Waals surface area contributed by atoms with Gasteiger partial charge in [0.05, 0.1) is 12.1 Å². The highest BCUT2D eigenvalue weighted by molar-refractivity contribution is 5.81. The zero-order chi connectivity index (χ0) is 15.1. The Hall–Kier alpha value is -1.55. The highest BCUT2D eigenvalue weighted by Gasteiger charge is 2.13. The summed E-state index contributed by atoms with van der Waals surface area (Å²) < 4.78 is 5.59. The van der Waals surface area contributed by atoms with Crippen molar-refractivity contribution in [3.63, 3.8) is 0 Å². The van der Waals surface area contributed by atoms with E-state index in [-0.39, 0.29) is 18.1 Å². The van der Waals surface area contributed by atoms with Crippen LogP contribution in [0.3, 0.4) is 0 Å². The Labute approximate surface area is 122 Å². The van der Waals surface area contributed by atoms with Crippen LogP contribution in [0.1, 0.15) is 26.3 Å². The van der Waals surface area contributed by atoms with Gasteiger partial charge in [-0.05, 0) is 59.0 Å². The van der Waals surface area contributed by atoms with E-state index in [1.165, 1.54) is 5.56 Å². The Morgan fingerprint density at radius 1 is 1.20 bits per heavy atom. The molecule has 1 atom stereocenters. The predicted molar refractivity (Wildman–Crippen MR) is 82.1 cm³/mol. The van der Waals surface area contributed by atoms with Crippen LogP contribution in [0.25, 0.3) is 0 Å². The van der Waals surface area contributed by atoms with Crippen molar-refractivity contribution in [1.29, 1.82) is 0 Å². The topological polar surface area (TPSA) is 41.6 Å². The average molecular weight is 278 g/mol. The van der Waals surface area contributed by atoms with Gasteiger partial charge in [0.1, 0.15) is 5.75 Å². The summed E-state index contributed by atoms with van der Waals surface area (Å²) >= 11 is 0. The highest BCUT2D eigenvalue weighted by atomic mass is 16.5. The molecule has 0 aliphatic carbocycles. The molecule has 112 valence electrons. The molecule has 1 aromatic carbocycles. The second kappa shape index (κ2) is 7.90. The second-order valence-electron chi connectivity index (χ2n) is 5.49. The van der Waals surface area contributed by atoms with Crippen molar-refractivity contribution in [2.24, 2.45) is 0 Å². The molecule has 0 heterocycles. The molecule has 4 heteroatoms. The predicted octanol–water partition coefficient (Wildman–Crippen LogP) is 2.08. The standard InChI is InChI=1S/C16H26N2O2/c1-12(2)20-15-8-6-14(7-9-15)10-11-17-16(19)13(3)18(4)5/h6-9,12-13H,10-11H2,1-5H3,(H,17,19)/t13-/m0/s1. The summed E-state index contributed by atoms with van der Waals surface area (Å²) in [5, 5.41) is 2.95. The van der Waals surface area contributed by atoms with E-state index in [2.05, 4.69) is 5.32 Å². The van der Waals surface area contributed by atoms with Crippen molar-refractivity contribution in [3.05, 3.63) is 29.8 Å². The summed E-state index contributed by atoms with van der Waals surface area (Å²) in [6, 6.07) is 7.93. The normalized spacial score (nSPS) is 12.6. The number of likely N-dealkylation sites (N-methyl/N-ethyl adjacent to an activating group) is 1. The minimum atomic E-state index is -0.100. The first-order chi connectivity index (χ1) is 9.40. The van der Waals surface area contributed by atoms with Crippen LogP contribution in [-0.2, 0) is 11.2 Å². The Balaban J connectivity index is 2.37. The van der Waals surface area contributed by atoms with Crippen LogP contribution in [0, 0.1) is 0 Å². The van der Waals surface area contributed by atoms with E-state index < -0.39 is 0 Å². The van der Waals surface area contributed by atoms with Gasteiger partial charge >= 0.3 is 0 Å². The quantitative estimate of drug-likeness (QED) is 0.830. The fourth-order valence-corrected chi connectivity index (χ4v) is 1.72. The van der Waals surface area contributed by atoms with Crippen molar-refractivity contribution in [1.82, 2.24) is 10.2 Å². The SMILES string of the molecule is CC(C)Oc1ccc(CCNC(=O)[C@H](C)N(C)C)cc1. The number of hydrogen-bond acceptors (Lipinski definition) is 3. The Bertz CT molecular complexity index is 413. The van der Waals surface area contributed by atoms with Crippen molar-refractivity contribution < 1.29 is 9.53 Å². The van der Waals surface area contributed by atoms with Gasteiger partial charge in [-0.3, -0.25) is 9.69 Å². The summed E-state index contributed by atoms with van der Waals surface area (Å²) in [7, 11) is 3.80. The van der Waals surface area contributed by atoms with Crippen molar-refractivity contribution >= 4 is 5.91 Å². The Kier molecular flexibility index (Phi) is 6.52. The summed E-state index contributed by atoms with van der Waals surface area (Å²) in [6.45, 7) is 6.57. The third-order valence-corrected chi connectivity index (χ3v) is 3.16. The van der Waals surface area contributed by atoms with Gasteiger partial charge in [0, 0.05) is 6.54 Å². The lowest BCUT2D eigenvalue weighted by atomic mass is 10.1. The van der Waals surface area contributed by atoms with Gasteiger partial charge in [-0.15, -0.1) is 0 Å². The van der Waals surface area contributed by atoms with E-state index in [1.54, 1.807) is 0 Å². The molecule has 1 N–H and O–H groups in total. The molecule has 1 aromatic rings. The minimum Gasteiger partial charge on any atom is -0.491 e. The molecule has 1 amide bonds. The average Bonchev–Trinajstić information content (AvgIpc) is 2.39. The number of nitrogens with zero attached hydrogens (tertiary/aromatic N) is 1. The molecule has 0 saturated heterocycles. The maximum absolute atomic E-state index is 11.8. The number of nitrogens with one attached hydrogen (secondary N) is 1. The molecule has 20 heavy (non-hydrogen) atoms. The summed E-state index contributed by atoms with van der Waals surface area (Å²) in [5.74, 6) is 0.948. The van der Waals surface area contributed by atoms with E-state index in [0.29, 0.717) is 6.54 Å². The van der Waals surface area contributed by atoms with Gasteiger partial charge in [0.15, 0.2) is 0 Å². The van der Waals surface area contributed by atoms with E-state index in [9.17, 15) is 4.79 Å². The van der Waals surface area contributed by atoms with E-state index in [1.807, 2.05) is 64.0 Å². The highest BCUT2D eigenvalue weighted by Crippen LogP contribution is 2.13. The van der Waals surface area contributed by atoms with E-state index in [0.717, 1.165) is 12.2 Å². The number of rotatable bonds is 7. The van der Waals surface area contributed by atoms with E-state index >= 15 is 0 Å². The van der Waals surface area contributed by atoms with Gasteiger partial charge in [-0.1, -0.05) is 12.1 Å². The van der Waals surface area contributed by atoms with Crippen molar-refractivity contribution in [3.8, 4) is 5.75 Å². The maximum atomic E-state index is 11.8. The number of amides is 1. The van der Waals surface area contributed by atoms with Gasteiger partial charge in [-0.25, -0.2) is 0 Å². The molecule has 0 unspecified atom stereocenters. The second-order valence-corrected chi connectivity index (χ2v) is 5.49. The lowest BCUT2D eigenvalue weighted by Gasteiger charge is -2.18. The van der Waals surface area contributed by atoms with Gasteiger partial charge < -0.3 is 10.1 Å². The molecule has 0 aromatic heterocycles. The molecule has 0 radical (unpaired) electrons. The zero-order valence-electron chi connectivity index (χ0n) is 13.1. The monoisotopic (exact) mass is 278 g/mol. The zero-order valence-corrected chi connectivity index (χ0v) is 13.1. The fourth-order valence-electron chi connectivity index (χ4n) is 1.72. The van der Waals surface area contributed by atoms with Crippen LogP contribution in [0.4, 0.5) is 0 Å². The van der Waals surface area contributed by atoms with Crippen LogP contribution >= 0.6 is 0 Å². The summed E-state index contributed by atoms with van der Waals surface area (Å²) in [6.07, 6.45) is 1.01. The molecule has 0 aliphatic heterocycles. The van der Waals surface area contributed by atoms with Crippen LogP contribution in [-0.4, -0.2) is 43.6 Å². The molecule has 0 saturated carbocycles. The molecule has 0 spiro atoms. The molecular weight excluding hydrogens is 252 g/mol. The largest absolute Gasteiger partial charge is 0.491 e. The molecule has 0 bridgehead atoms. The third kappa shape index (κ3) is 5.61. The Morgan fingerprint density at radius 2 is 1.80 bits per heavy atom. The lowest BCUT2D eigenvalue weighted by Crippen LogP contribution is -2.42. The summed E-state index contributed by atoms with van der Waals surface area (Å²) in [4.78, 5) is 13.7. The van der Waals surface area contributed by atoms with Crippen molar-refractivity contribution in [2.75, 3.05) is 20.6 Å². The number of benzene rings is 1. The van der Waals surface area contributed by atoms with Gasteiger partial charge in [0.25, 0.3) is 0 Å². The number of ether oxygens (including phenoxy) is 1. The molecular formula is C16H26N2O2. The van der Waals surface area contributed by atoms with Gasteiger partial charge in [0.2, 0.25) is 5.91 Å². The molecule has 0 aliphatic rings. The Morgan fingerprint density at radius 3 is 2.30 bits per heavy atom. The molecule has 4 nitrogen and oxygen atoms in total. The van der Waals surface area contributed by atoms with Crippen LogP contribution in [0.2, 0.25) is 0 Å². The number of hydrogen-bond donors (Lipinski definition) is 1. The first-order valence-electron chi connectivity index (χ1n) is 7.10. The third-order valence-electron chi connectivity index (χ3n) is 3.16. The molecule has 0 fully saturated rings. The maximum Gasteiger partial charge on any atom is 0.237 e. The minimum absolute atomic E-state index is 0.0646. The summed E-state index contributed by atoms with van der Waals surface area (Å²) in [5.41, 5.74) is 1.19. The van der Waals surface area contributed by atoms with Crippen LogP contribution in [0.15, 0.2) is 24.3 Å². The van der Waals surface area contributed by atoms with Crippen LogP contribution < -0.4 is 10.1 Å². The fraction of sp³-hybridized carbons (Fsp3) is 0.562. The van der Waals surface area contributed by atoms with Gasteiger partial charge in [-0.2, -0.15) is 0 Å². The first-order valence-corrected chi connectivity index (χ1v) is 7.10. The molecule has 1 rings (SSSR count). The van der Waals surface area contributed by atoms with Crippen molar-refractivity contribution in [2.45, 2.75) is 39.3 Å². The first kappa shape index (κ1) is 16.5. The van der Waals surface area contributed by atoms with Crippen LogP contribution in [0.5, 0.6) is 5.75 Å². The smallest absolute Gasteiger partial charge is 0.237 e. The van der Waals surface area contributed by atoms with E-state index in [4.69, 9.17) is 4.74 Å². The lowest BCUT2D eigenvalue weighted by molar-refractivity contribution is -0.124. The number of carbonyl (C=O) groups excluding carboxylic acids is 1. The number of carbonyl (C=O) groups is 1.